The van der Waals surface area contributed by atoms with Gasteiger partial charge in [-0.25, -0.2) is 4.90 Å². The number of anilines is 1. The fourth-order valence-electron chi connectivity index (χ4n) is 3.49. The maximum atomic E-state index is 13.2. The van der Waals surface area contributed by atoms with Crippen molar-refractivity contribution in [2.24, 2.45) is 5.92 Å². The molecular formula is C19H17Cl2NO2. The molecule has 3 nitrogen and oxygen atoms in total. The standard InChI is InChI=1S/C19H17Cl2NO2/c1-3-16-17(23)22(15-10-13(20)9-14(21)11-15)18(24)19(16,2)12-7-5-4-6-8-12/h4-11,16H,3H2,1-2H3/t16?,19-/m0/s1. The Morgan fingerprint density at radius 3 is 2.17 bits per heavy atom. The van der Waals surface area contributed by atoms with Crippen LogP contribution in [0.1, 0.15) is 25.8 Å². The van der Waals surface area contributed by atoms with Gasteiger partial charge in [0.2, 0.25) is 11.8 Å². The van der Waals surface area contributed by atoms with Crippen LogP contribution in [0.25, 0.3) is 0 Å². The Balaban J connectivity index is 2.14. The van der Waals surface area contributed by atoms with Crippen LogP contribution in [-0.4, -0.2) is 11.8 Å². The maximum absolute atomic E-state index is 13.2. The van der Waals surface area contributed by atoms with Gasteiger partial charge in [0.1, 0.15) is 0 Å². The van der Waals surface area contributed by atoms with E-state index in [0.717, 1.165) is 5.56 Å². The average Bonchev–Trinajstić information content (AvgIpc) is 2.74. The Morgan fingerprint density at radius 1 is 1.04 bits per heavy atom. The molecule has 1 aliphatic rings. The molecule has 1 fully saturated rings. The van der Waals surface area contributed by atoms with Crippen molar-refractivity contribution in [1.29, 1.82) is 0 Å². The van der Waals surface area contributed by atoms with Crippen LogP contribution < -0.4 is 4.90 Å². The highest BCUT2D eigenvalue weighted by atomic mass is 35.5. The zero-order valence-electron chi connectivity index (χ0n) is 13.4. The summed E-state index contributed by atoms with van der Waals surface area (Å²) in [4.78, 5) is 27.4. The molecule has 1 unspecified atom stereocenters. The summed E-state index contributed by atoms with van der Waals surface area (Å²) in [6, 6.07) is 14.2. The second kappa shape index (κ2) is 6.23. The van der Waals surface area contributed by atoms with E-state index in [1.165, 1.54) is 4.90 Å². The molecule has 0 spiro atoms. The molecule has 0 saturated carbocycles. The first-order valence-electron chi connectivity index (χ1n) is 7.79. The molecule has 0 aliphatic carbocycles. The molecule has 1 aliphatic heterocycles. The lowest BCUT2D eigenvalue weighted by Crippen LogP contribution is -2.38. The topological polar surface area (TPSA) is 37.4 Å². The van der Waals surface area contributed by atoms with Gasteiger partial charge in [-0.15, -0.1) is 0 Å². The van der Waals surface area contributed by atoms with Gasteiger partial charge in [-0.05, 0) is 37.1 Å². The van der Waals surface area contributed by atoms with Gasteiger partial charge >= 0.3 is 0 Å². The number of rotatable bonds is 3. The molecule has 2 atom stereocenters. The lowest BCUT2D eigenvalue weighted by molar-refractivity contribution is -0.122. The predicted molar refractivity (Wildman–Crippen MR) is 96.5 cm³/mol. The second-order valence-electron chi connectivity index (χ2n) is 6.14. The molecule has 2 aromatic rings. The average molecular weight is 362 g/mol. The van der Waals surface area contributed by atoms with Crippen LogP contribution in [0, 0.1) is 5.92 Å². The molecule has 5 heteroatoms. The molecule has 0 bridgehead atoms. The zero-order valence-corrected chi connectivity index (χ0v) is 14.9. The van der Waals surface area contributed by atoms with Gasteiger partial charge in [0.15, 0.2) is 0 Å². The molecular weight excluding hydrogens is 345 g/mol. The molecule has 2 aromatic carbocycles. The summed E-state index contributed by atoms with van der Waals surface area (Å²) in [5.74, 6) is -0.888. The van der Waals surface area contributed by atoms with Crippen molar-refractivity contribution in [3.05, 3.63) is 64.1 Å². The van der Waals surface area contributed by atoms with E-state index in [0.29, 0.717) is 22.2 Å². The third kappa shape index (κ3) is 2.52. The van der Waals surface area contributed by atoms with E-state index in [2.05, 4.69) is 0 Å². The summed E-state index contributed by atoms with van der Waals surface area (Å²) in [6.07, 6.45) is 0.570. The van der Waals surface area contributed by atoms with Crippen molar-refractivity contribution in [3.63, 3.8) is 0 Å². The lowest BCUT2D eigenvalue weighted by atomic mass is 9.72. The summed E-state index contributed by atoms with van der Waals surface area (Å²) < 4.78 is 0. The van der Waals surface area contributed by atoms with Crippen molar-refractivity contribution in [1.82, 2.24) is 0 Å². The van der Waals surface area contributed by atoms with Crippen molar-refractivity contribution >= 4 is 40.7 Å². The van der Waals surface area contributed by atoms with E-state index in [1.54, 1.807) is 18.2 Å². The molecule has 1 heterocycles. The number of carbonyl (C=O) groups excluding carboxylic acids is 2. The second-order valence-corrected chi connectivity index (χ2v) is 7.01. The highest BCUT2D eigenvalue weighted by molar-refractivity contribution is 6.36. The van der Waals surface area contributed by atoms with Gasteiger partial charge in [-0.3, -0.25) is 9.59 Å². The SMILES string of the molecule is CCC1C(=O)N(c2cc(Cl)cc(Cl)c2)C(=O)[C@@]1(C)c1ccccc1. The predicted octanol–water partition coefficient (Wildman–Crippen LogP) is 4.85. The lowest BCUT2D eigenvalue weighted by Gasteiger charge is -2.27. The Hall–Kier alpha value is -1.84. The summed E-state index contributed by atoms with van der Waals surface area (Å²) in [5.41, 5.74) is 0.355. The minimum absolute atomic E-state index is 0.216. The Labute approximate surface area is 151 Å². The number of hydrogen-bond donors (Lipinski definition) is 0. The molecule has 24 heavy (non-hydrogen) atoms. The molecule has 1 saturated heterocycles. The van der Waals surface area contributed by atoms with Gasteiger partial charge < -0.3 is 0 Å². The first kappa shape index (κ1) is 17.0. The summed E-state index contributed by atoms with van der Waals surface area (Å²) in [7, 11) is 0. The number of halogens is 2. The van der Waals surface area contributed by atoms with E-state index in [9.17, 15) is 9.59 Å². The molecule has 0 radical (unpaired) electrons. The first-order valence-corrected chi connectivity index (χ1v) is 8.55. The van der Waals surface area contributed by atoms with Crippen LogP contribution in [-0.2, 0) is 15.0 Å². The number of imide groups is 1. The molecule has 124 valence electrons. The van der Waals surface area contributed by atoms with Crippen molar-refractivity contribution in [3.8, 4) is 0 Å². The van der Waals surface area contributed by atoms with Crippen molar-refractivity contribution < 1.29 is 9.59 Å². The third-order valence-corrected chi connectivity index (χ3v) is 5.19. The number of amides is 2. The fraction of sp³-hybridized carbons (Fsp3) is 0.263. The highest BCUT2D eigenvalue weighted by Gasteiger charge is 2.56. The van der Waals surface area contributed by atoms with Crippen LogP contribution in [0.4, 0.5) is 5.69 Å². The van der Waals surface area contributed by atoms with Gasteiger partial charge in [0, 0.05) is 10.0 Å². The van der Waals surface area contributed by atoms with Crippen LogP contribution in [0.15, 0.2) is 48.5 Å². The van der Waals surface area contributed by atoms with Crippen LogP contribution in [0.2, 0.25) is 10.0 Å². The van der Waals surface area contributed by atoms with E-state index in [1.807, 2.05) is 44.2 Å². The van der Waals surface area contributed by atoms with Crippen LogP contribution >= 0.6 is 23.2 Å². The Bertz CT molecular complexity index is 786. The summed E-state index contributed by atoms with van der Waals surface area (Å²) >= 11 is 12.1. The van der Waals surface area contributed by atoms with Crippen molar-refractivity contribution in [2.75, 3.05) is 4.90 Å². The maximum Gasteiger partial charge on any atom is 0.244 e. The van der Waals surface area contributed by atoms with Gasteiger partial charge in [-0.1, -0.05) is 60.5 Å². The van der Waals surface area contributed by atoms with Crippen molar-refractivity contribution in [2.45, 2.75) is 25.7 Å². The molecule has 2 amide bonds. The number of hydrogen-bond acceptors (Lipinski definition) is 2. The van der Waals surface area contributed by atoms with E-state index in [-0.39, 0.29) is 11.8 Å². The normalized spacial score (nSPS) is 23.8. The highest BCUT2D eigenvalue weighted by Crippen LogP contribution is 2.45. The Kier molecular flexibility index (Phi) is 4.41. The monoisotopic (exact) mass is 361 g/mol. The van der Waals surface area contributed by atoms with Gasteiger partial charge in [0.25, 0.3) is 0 Å². The quantitative estimate of drug-likeness (QED) is 0.732. The molecule has 0 aromatic heterocycles. The minimum atomic E-state index is -0.901. The largest absolute Gasteiger partial charge is 0.274 e. The number of benzene rings is 2. The Morgan fingerprint density at radius 2 is 1.62 bits per heavy atom. The van der Waals surface area contributed by atoms with E-state index < -0.39 is 11.3 Å². The smallest absolute Gasteiger partial charge is 0.244 e. The summed E-state index contributed by atoms with van der Waals surface area (Å²) in [5, 5.41) is 0.777. The van der Waals surface area contributed by atoms with Gasteiger partial charge in [0.05, 0.1) is 17.0 Å². The number of nitrogens with zero attached hydrogens (tertiary/aromatic N) is 1. The first-order chi connectivity index (χ1) is 11.4. The zero-order chi connectivity index (χ0) is 17.5. The van der Waals surface area contributed by atoms with Gasteiger partial charge in [-0.2, -0.15) is 0 Å². The van der Waals surface area contributed by atoms with Crippen LogP contribution in [0.5, 0.6) is 0 Å². The van der Waals surface area contributed by atoms with E-state index >= 15 is 0 Å². The molecule has 0 N–H and O–H groups in total. The number of carbonyl (C=O) groups is 2. The minimum Gasteiger partial charge on any atom is -0.274 e. The summed E-state index contributed by atoms with van der Waals surface area (Å²) in [6.45, 7) is 3.76. The van der Waals surface area contributed by atoms with E-state index in [4.69, 9.17) is 23.2 Å². The third-order valence-electron chi connectivity index (χ3n) is 4.75. The molecule has 3 rings (SSSR count). The fourth-order valence-corrected chi connectivity index (χ4v) is 4.00. The van der Waals surface area contributed by atoms with Crippen LogP contribution in [0.3, 0.4) is 0 Å².